The standard InChI is InChI=1S/C21H21ClN2OS2/c1-13-8-14(2)20(15(3)9-13)24-19(25)10-18-12-27-21(23-18)26-11-16-4-6-17(22)7-5-16/h4-9,12H,10-11H2,1-3H3,(H,24,25). The van der Waals surface area contributed by atoms with Crippen LogP contribution in [-0.4, -0.2) is 10.9 Å². The molecule has 1 aromatic heterocycles. The molecule has 0 aliphatic heterocycles. The second-order valence-corrected chi connectivity index (χ2v) is 9.04. The van der Waals surface area contributed by atoms with Crippen LogP contribution in [0.25, 0.3) is 0 Å². The largest absolute Gasteiger partial charge is 0.325 e. The average Bonchev–Trinajstić information content (AvgIpc) is 3.05. The molecule has 27 heavy (non-hydrogen) atoms. The molecule has 0 spiro atoms. The fourth-order valence-electron chi connectivity index (χ4n) is 2.89. The first kappa shape index (κ1) is 19.9. The third-order valence-electron chi connectivity index (χ3n) is 4.09. The number of thioether (sulfide) groups is 1. The Hall–Kier alpha value is -1.82. The van der Waals surface area contributed by atoms with Crippen molar-refractivity contribution in [2.75, 3.05) is 5.32 Å². The molecule has 0 aliphatic carbocycles. The van der Waals surface area contributed by atoms with Crippen molar-refractivity contribution in [3.63, 3.8) is 0 Å². The van der Waals surface area contributed by atoms with Gasteiger partial charge in [-0.15, -0.1) is 11.3 Å². The molecule has 2 aromatic carbocycles. The van der Waals surface area contributed by atoms with Gasteiger partial charge in [0.1, 0.15) is 4.34 Å². The number of hydrogen-bond donors (Lipinski definition) is 1. The first-order valence-electron chi connectivity index (χ1n) is 8.60. The van der Waals surface area contributed by atoms with Crippen LogP contribution in [0, 0.1) is 20.8 Å². The second kappa shape index (κ2) is 8.91. The van der Waals surface area contributed by atoms with Gasteiger partial charge in [0, 0.05) is 21.8 Å². The third kappa shape index (κ3) is 5.58. The van der Waals surface area contributed by atoms with Crippen LogP contribution in [0.15, 0.2) is 46.1 Å². The Morgan fingerprint density at radius 1 is 1.15 bits per heavy atom. The van der Waals surface area contributed by atoms with Crippen LogP contribution in [0.2, 0.25) is 5.02 Å². The Kier molecular flexibility index (Phi) is 6.58. The summed E-state index contributed by atoms with van der Waals surface area (Å²) < 4.78 is 0.968. The van der Waals surface area contributed by atoms with Crippen LogP contribution in [-0.2, 0) is 17.0 Å². The summed E-state index contributed by atoms with van der Waals surface area (Å²) in [5.41, 5.74) is 6.27. The molecule has 3 nitrogen and oxygen atoms in total. The molecule has 0 fully saturated rings. The molecule has 0 bridgehead atoms. The van der Waals surface area contributed by atoms with Crippen LogP contribution in [0.4, 0.5) is 5.69 Å². The first-order valence-corrected chi connectivity index (χ1v) is 10.8. The van der Waals surface area contributed by atoms with Gasteiger partial charge in [-0.05, 0) is 49.6 Å². The zero-order valence-corrected chi connectivity index (χ0v) is 17.9. The maximum Gasteiger partial charge on any atom is 0.230 e. The molecule has 0 atom stereocenters. The van der Waals surface area contributed by atoms with Crippen molar-refractivity contribution in [3.05, 3.63) is 74.7 Å². The quantitative estimate of drug-likeness (QED) is 0.486. The number of rotatable bonds is 6. The zero-order valence-electron chi connectivity index (χ0n) is 15.5. The Morgan fingerprint density at radius 2 is 1.81 bits per heavy atom. The molecule has 6 heteroatoms. The fraction of sp³-hybridized carbons (Fsp3) is 0.238. The van der Waals surface area contributed by atoms with Crippen LogP contribution in [0.1, 0.15) is 27.9 Å². The lowest BCUT2D eigenvalue weighted by Crippen LogP contribution is -2.16. The Morgan fingerprint density at radius 3 is 2.48 bits per heavy atom. The van der Waals surface area contributed by atoms with Gasteiger partial charge in [-0.25, -0.2) is 4.98 Å². The number of thiazole rings is 1. The molecule has 0 saturated carbocycles. The maximum atomic E-state index is 12.4. The van der Waals surface area contributed by atoms with Crippen molar-refractivity contribution in [1.82, 2.24) is 4.98 Å². The highest BCUT2D eigenvalue weighted by Crippen LogP contribution is 2.27. The van der Waals surface area contributed by atoms with Gasteiger partial charge in [0.25, 0.3) is 0 Å². The average molecular weight is 417 g/mol. The molecule has 0 aliphatic rings. The minimum absolute atomic E-state index is 0.0374. The molecule has 1 amide bonds. The molecule has 0 radical (unpaired) electrons. The third-order valence-corrected chi connectivity index (χ3v) is 6.48. The van der Waals surface area contributed by atoms with E-state index >= 15 is 0 Å². The number of nitrogens with zero attached hydrogens (tertiary/aromatic N) is 1. The maximum absolute atomic E-state index is 12.4. The highest BCUT2D eigenvalue weighted by Gasteiger charge is 2.11. The van der Waals surface area contributed by atoms with Crippen LogP contribution >= 0.6 is 34.7 Å². The van der Waals surface area contributed by atoms with Crippen molar-refractivity contribution in [2.24, 2.45) is 0 Å². The minimum atomic E-state index is -0.0374. The van der Waals surface area contributed by atoms with Crippen LogP contribution < -0.4 is 5.32 Å². The predicted molar refractivity (Wildman–Crippen MR) is 116 cm³/mol. The first-order chi connectivity index (χ1) is 12.9. The number of carbonyl (C=O) groups is 1. The number of hydrogen-bond acceptors (Lipinski definition) is 4. The minimum Gasteiger partial charge on any atom is -0.325 e. The van der Waals surface area contributed by atoms with Gasteiger partial charge in [0.05, 0.1) is 12.1 Å². The second-order valence-electron chi connectivity index (χ2n) is 6.52. The smallest absolute Gasteiger partial charge is 0.230 e. The molecule has 0 saturated heterocycles. The molecule has 0 unspecified atom stereocenters. The lowest BCUT2D eigenvalue weighted by atomic mass is 10.0. The van der Waals surface area contributed by atoms with Gasteiger partial charge in [0.2, 0.25) is 5.91 Å². The van der Waals surface area contributed by atoms with Gasteiger partial charge in [-0.3, -0.25) is 4.79 Å². The summed E-state index contributed by atoms with van der Waals surface area (Å²) in [4.78, 5) is 17.0. The van der Waals surface area contributed by atoms with Gasteiger partial charge < -0.3 is 5.32 Å². The normalized spacial score (nSPS) is 10.8. The van der Waals surface area contributed by atoms with Crippen molar-refractivity contribution in [2.45, 2.75) is 37.3 Å². The summed E-state index contributed by atoms with van der Waals surface area (Å²) in [6.45, 7) is 6.10. The van der Waals surface area contributed by atoms with E-state index in [4.69, 9.17) is 11.6 Å². The highest BCUT2D eigenvalue weighted by molar-refractivity contribution is 8.00. The van der Waals surface area contributed by atoms with Gasteiger partial charge in [-0.1, -0.05) is 53.2 Å². The molecule has 1 N–H and O–H groups in total. The Balaban J connectivity index is 1.57. The van der Waals surface area contributed by atoms with E-state index in [9.17, 15) is 4.79 Å². The Bertz CT molecular complexity index is 928. The topological polar surface area (TPSA) is 42.0 Å². The lowest BCUT2D eigenvalue weighted by Gasteiger charge is -2.12. The Labute approximate surface area is 173 Å². The molecular formula is C21H21ClN2OS2. The number of benzene rings is 2. The van der Waals surface area contributed by atoms with Gasteiger partial charge in [-0.2, -0.15) is 0 Å². The van der Waals surface area contributed by atoms with E-state index in [1.54, 1.807) is 23.1 Å². The summed E-state index contributed by atoms with van der Waals surface area (Å²) >= 11 is 9.16. The molecule has 3 rings (SSSR count). The van der Waals surface area contributed by atoms with Crippen LogP contribution in [0.5, 0.6) is 0 Å². The van der Waals surface area contributed by atoms with E-state index < -0.39 is 0 Å². The summed E-state index contributed by atoms with van der Waals surface area (Å²) in [7, 11) is 0. The molecule has 140 valence electrons. The molecule has 3 aromatic rings. The summed E-state index contributed by atoms with van der Waals surface area (Å²) in [5.74, 6) is 0.794. The van der Waals surface area contributed by atoms with E-state index in [-0.39, 0.29) is 12.3 Å². The number of anilines is 1. The van der Waals surface area contributed by atoms with Crippen molar-refractivity contribution in [1.29, 1.82) is 0 Å². The number of halogens is 1. The van der Waals surface area contributed by atoms with E-state index in [1.165, 1.54) is 11.1 Å². The van der Waals surface area contributed by atoms with Gasteiger partial charge >= 0.3 is 0 Å². The summed E-state index contributed by atoms with van der Waals surface area (Å²) in [6, 6.07) is 12.0. The van der Waals surface area contributed by atoms with E-state index in [0.717, 1.165) is 37.6 Å². The van der Waals surface area contributed by atoms with Crippen molar-refractivity contribution in [3.8, 4) is 0 Å². The number of nitrogens with one attached hydrogen (secondary N) is 1. The number of aryl methyl sites for hydroxylation is 3. The monoisotopic (exact) mass is 416 g/mol. The van der Waals surface area contributed by atoms with E-state index in [1.807, 2.05) is 43.5 Å². The lowest BCUT2D eigenvalue weighted by molar-refractivity contribution is -0.115. The summed E-state index contributed by atoms with van der Waals surface area (Å²) in [6.07, 6.45) is 0.283. The van der Waals surface area contributed by atoms with Gasteiger partial charge in [0.15, 0.2) is 0 Å². The fourth-order valence-corrected chi connectivity index (χ4v) is 4.81. The predicted octanol–water partition coefficient (Wildman–Crippen LogP) is 6.20. The SMILES string of the molecule is Cc1cc(C)c(NC(=O)Cc2csc(SCc3ccc(Cl)cc3)n2)c(C)c1. The van der Waals surface area contributed by atoms with E-state index in [0.29, 0.717) is 0 Å². The summed E-state index contributed by atoms with van der Waals surface area (Å²) in [5, 5.41) is 5.73. The van der Waals surface area contributed by atoms with Crippen molar-refractivity contribution >= 4 is 46.3 Å². The van der Waals surface area contributed by atoms with Crippen molar-refractivity contribution < 1.29 is 4.79 Å². The van der Waals surface area contributed by atoms with Crippen LogP contribution in [0.3, 0.4) is 0 Å². The number of amides is 1. The molecular weight excluding hydrogens is 396 g/mol. The zero-order chi connectivity index (χ0) is 19.4. The molecule has 1 heterocycles. The number of aromatic nitrogens is 1. The highest BCUT2D eigenvalue weighted by atomic mass is 35.5. The van der Waals surface area contributed by atoms with E-state index in [2.05, 4.69) is 29.4 Å². The number of carbonyl (C=O) groups excluding carboxylic acids is 1.